The molecule has 0 spiro atoms. The van der Waals surface area contributed by atoms with E-state index in [9.17, 15) is 45.5 Å². The number of amides is 4. The van der Waals surface area contributed by atoms with Crippen LogP contribution < -0.4 is 10.6 Å². The molecule has 40 heavy (non-hydrogen) atoms. The topological polar surface area (TPSA) is 137 Å². The highest BCUT2D eigenvalue weighted by Gasteiger charge is 2.42. The number of carbonyl (C=O) groups is 4. The van der Waals surface area contributed by atoms with Crippen LogP contribution in [-0.4, -0.2) is 80.5 Å². The molecule has 1 aromatic carbocycles. The van der Waals surface area contributed by atoms with Crippen molar-refractivity contribution in [1.82, 2.24) is 30.0 Å². The van der Waals surface area contributed by atoms with Crippen LogP contribution in [0.25, 0.3) is 0 Å². The summed E-state index contributed by atoms with van der Waals surface area (Å²) in [6.07, 6.45) is -7.67. The summed E-state index contributed by atoms with van der Waals surface area (Å²) < 4.78 is 82.9. The van der Waals surface area contributed by atoms with Crippen molar-refractivity contribution in [1.29, 1.82) is 0 Å². The van der Waals surface area contributed by atoms with Gasteiger partial charge in [0.1, 0.15) is 5.82 Å². The van der Waals surface area contributed by atoms with E-state index in [1.54, 1.807) is 0 Å². The number of nitrogens with one attached hydrogen (secondary N) is 2. The lowest BCUT2D eigenvalue weighted by atomic mass is 10.0. The number of carboxylic acid groups (broad SMARTS) is 1. The van der Waals surface area contributed by atoms with E-state index in [-0.39, 0.29) is 31.4 Å². The van der Waals surface area contributed by atoms with Crippen LogP contribution in [0.15, 0.2) is 12.1 Å². The number of carbonyl (C=O) groups excluding carboxylic acids is 3. The van der Waals surface area contributed by atoms with Crippen LogP contribution in [0.1, 0.15) is 34.0 Å². The van der Waals surface area contributed by atoms with Crippen molar-refractivity contribution in [2.45, 2.75) is 38.1 Å². The molecule has 216 valence electrons. The minimum absolute atomic E-state index is 0.0317. The molecule has 17 heteroatoms. The van der Waals surface area contributed by atoms with E-state index in [1.165, 1.54) is 0 Å². The Kier molecular flexibility index (Phi) is 7.93. The number of nitrogens with zero attached hydrogens (tertiary/aromatic N) is 4. The average Bonchev–Trinajstić information content (AvgIpc) is 3.26. The number of piperazine rings is 1. The second-order valence-electron chi connectivity index (χ2n) is 9.18. The lowest BCUT2D eigenvalue weighted by Crippen LogP contribution is -2.50. The third-order valence-corrected chi connectivity index (χ3v) is 6.45. The zero-order valence-corrected chi connectivity index (χ0v) is 20.5. The van der Waals surface area contributed by atoms with E-state index >= 15 is 0 Å². The van der Waals surface area contributed by atoms with E-state index in [0.29, 0.717) is 6.07 Å². The second-order valence-corrected chi connectivity index (χ2v) is 9.18. The lowest BCUT2D eigenvalue weighted by Gasteiger charge is -2.31. The van der Waals surface area contributed by atoms with Crippen molar-refractivity contribution in [2.24, 2.45) is 0 Å². The highest BCUT2D eigenvalue weighted by Crippen LogP contribution is 2.33. The highest BCUT2D eigenvalue weighted by molar-refractivity contribution is 5.96. The van der Waals surface area contributed by atoms with Crippen molar-refractivity contribution in [3.8, 4) is 0 Å². The number of imidazole rings is 1. The van der Waals surface area contributed by atoms with Crippen LogP contribution in [0, 0.1) is 17.5 Å². The standard InChI is InChI=1S/C23H22F6N6O5/c24-13-8-15(26)14(25)6-11(13)5-12(31-22(39)40)7-18(37)33-3-4-35-16(9-33)19(32-21(35)23(27,28)29)20(38)34-2-1-30-17(36)10-34/h6,8,12,31H,1-5,7,9-10H2,(H,30,36)(H,39,40)/t12-/m1/s1. The monoisotopic (exact) mass is 576 g/mol. The van der Waals surface area contributed by atoms with E-state index in [1.807, 2.05) is 5.32 Å². The fourth-order valence-electron chi connectivity index (χ4n) is 4.60. The van der Waals surface area contributed by atoms with Crippen LogP contribution in [0.3, 0.4) is 0 Å². The first kappa shape index (κ1) is 28.7. The summed E-state index contributed by atoms with van der Waals surface area (Å²) in [5.41, 5.74) is -1.21. The smallest absolute Gasteiger partial charge is 0.449 e. The maximum absolute atomic E-state index is 14.1. The Morgan fingerprint density at radius 1 is 1.02 bits per heavy atom. The van der Waals surface area contributed by atoms with Crippen LogP contribution in [0.5, 0.6) is 0 Å². The van der Waals surface area contributed by atoms with Gasteiger partial charge in [0.15, 0.2) is 17.3 Å². The maximum Gasteiger partial charge on any atom is 0.449 e. The first-order chi connectivity index (χ1) is 18.7. The van der Waals surface area contributed by atoms with Crippen LogP contribution in [0.4, 0.5) is 31.1 Å². The molecule has 0 radical (unpaired) electrons. The summed E-state index contributed by atoms with van der Waals surface area (Å²) in [7, 11) is 0. The molecule has 1 saturated heterocycles. The van der Waals surface area contributed by atoms with Gasteiger partial charge in [-0.1, -0.05) is 0 Å². The molecule has 0 saturated carbocycles. The lowest BCUT2D eigenvalue weighted by molar-refractivity contribution is -0.148. The van der Waals surface area contributed by atoms with Crippen molar-refractivity contribution in [2.75, 3.05) is 26.2 Å². The molecule has 2 aliphatic rings. The van der Waals surface area contributed by atoms with Gasteiger partial charge in [-0.15, -0.1) is 0 Å². The zero-order chi connectivity index (χ0) is 29.4. The first-order valence-electron chi connectivity index (χ1n) is 11.9. The Morgan fingerprint density at radius 3 is 2.38 bits per heavy atom. The van der Waals surface area contributed by atoms with Gasteiger partial charge in [0, 0.05) is 44.7 Å². The summed E-state index contributed by atoms with van der Waals surface area (Å²) in [5.74, 6) is -7.56. The predicted molar refractivity (Wildman–Crippen MR) is 121 cm³/mol. The first-order valence-corrected chi connectivity index (χ1v) is 11.9. The number of benzene rings is 1. The molecule has 1 aromatic heterocycles. The molecule has 11 nitrogen and oxygen atoms in total. The Balaban J connectivity index is 1.57. The predicted octanol–water partition coefficient (Wildman–Crippen LogP) is 1.50. The third-order valence-electron chi connectivity index (χ3n) is 6.45. The van der Waals surface area contributed by atoms with Crippen molar-refractivity contribution in [3.05, 3.63) is 52.4 Å². The Labute approximate surface area is 221 Å². The molecular formula is C23H22F6N6O5. The van der Waals surface area contributed by atoms with Gasteiger partial charge in [-0.3, -0.25) is 14.4 Å². The molecule has 3 N–H and O–H groups in total. The number of hydrogen-bond donors (Lipinski definition) is 3. The maximum atomic E-state index is 14.1. The Hall–Kier alpha value is -4.31. The van der Waals surface area contributed by atoms with Crippen LogP contribution >= 0.6 is 0 Å². The van der Waals surface area contributed by atoms with E-state index < -0.39 is 103 Å². The summed E-state index contributed by atoms with van der Waals surface area (Å²) in [5, 5.41) is 13.6. The number of halogens is 6. The fraction of sp³-hybridized carbons (Fsp3) is 0.435. The van der Waals surface area contributed by atoms with Gasteiger partial charge in [0.05, 0.1) is 18.8 Å². The van der Waals surface area contributed by atoms with Crippen molar-refractivity contribution >= 4 is 23.8 Å². The van der Waals surface area contributed by atoms with Crippen molar-refractivity contribution in [3.63, 3.8) is 0 Å². The van der Waals surface area contributed by atoms with Gasteiger partial charge in [-0.05, 0) is 18.1 Å². The molecule has 0 aliphatic carbocycles. The van der Waals surface area contributed by atoms with Gasteiger partial charge in [-0.25, -0.2) is 22.9 Å². The molecule has 2 aromatic rings. The number of aromatic nitrogens is 2. The van der Waals surface area contributed by atoms with Gasteiger partial charge in [0.25, 0.3) is 5.91 Å². The summed E-state index contributed by atoms with van der Waals surface area (Å²) >= 11 is 0. The fourth-order valence-corrected chi connectivity index (χ4v) is 4.60. The van der Waals surface area contributed by atoms with Gasteiger partial charge >= 0.3 is 12.3 Å². The molecule has 4 amide bonds. The van der Waals surface area contributed by atoms with Gasteiger partial charge in [0.2, 0.25) is 17.6 Å². The van der Waals surface area contributed by atoms with Crippen LogP contribution in [-0.2, 0) is 35.3 Å². The third kappa shape index (κ3) is 6.12. The number of hydrogen-bond acceptors (Lipinski definition) is 5. The number of fused-ring (bicyclic) bond motifs is 1. The van der Waals surface area contributed by atoms with Crippen molar-refractivity contribution < 1.29 is 50.6 Å². The molecule has 1 fully saturated rings. The minimum Gasteiger partial charge on any atom is -0.465 e. The normalized spacial score (nSPS) is 16.3. The average molecular weight is 576 g/mol. The highest BCUT2D eigenvalue weighted by atomic mass is 19.4. The van der Waals surface area contributed by atoms with Gasteiger partial charge in [-0.2, -0.15) is 13.2 Å². The van der Waals surface area contributed by atoms with E-state index in [2.05, 4.69) is 10.3 Å². The molecule has 4 rings (SSSR count). The molecular weight excluding hydrogens is 554 g/mol. The number of alkyl halides is 3. The van der Waals surface area contributed by atoms with Crippen LogP contribution in [0.2, 0.25) is 0 Å². The zero-order valence-electron chi connectivity index (χ0n) is 20.5. The summed E-state index contributed by atoms with van der Waals surface area (Å²) in [6.45, 7) is -1.42. The molecule has 3 heterocycles. The van der Waals surface area contributed by atoms with E-state index in [0.717, 1.165) is 14.4 Å². The van der Waals surface area contributed by atoms with E-state index in [4.69, 9.17) is 5.11 Å². The quantitative estimate of drug-likeness (QED) is 0.352. The molecule has 0 unspecified atom stereocenters. The SMILES string of the molecule is O=C(O)N[C@@H](CC(=O)N1CCn2c(C(F)(F)F)nc(C(=O)N3CCNC(=O)C3)c2C1)Cc1cc(F)c(F)cc1F. The number of rotatable bonds is 6. The summed E-state index contributed by atoms with van der Waals surface area (Å²) in [6, 6.07) is -0.503. The molecule has 1 atom stereocenters. The largest absolute Gasteiger partial charge is 0.465 e. The second kappa shape index (κ2) is 11.1. The van der Waals surface area contributed by atoms with Gasteiger partial charge < -0.3 is 30.1 Å². The molecule has 0 bridgehead atoms. The minimum atomic E-state index is -4.93. The molecule has 2 aliphatic heterocycles. The summed E-state index contributed by atoms with van der Waals surface area (Å²) in [4.78, 5) is 54.7. The Bertz CT molecular complexity index is 1360. The Morgan fingerprint density at radius 2 is 1.73 bits per heavy atom.